The predicted molar refractivity (Wildman–Crippen MR) is 118 cm³/mol. The van der Waals surface area contributed by atoms with Crippen LogP contribution in [0.1, 0.15) is 32.6 Å². The van der Waals surface area contributed by atoms with E-state index in [-0.39, 0.29) is 6.10 Å². The molecule has 1 amide bonds. The molecule has 1 saturated carbocycles. The van der Waals surface area contributed by atoms with Crippen LogP contribution < -0.4 is 19.1 Å². The highest BCUT2D eigenvalue weighted by Gasteiger charge is 2.29. The number of amides is 1. The fourth-order valence-corrected chi connectivity index (χ4v) is 4.77. The quantitative estimate of drug-likeness (QED) is 0.686. The maximum Gasteiger partial charge on any atom is 0.247 e. The van der Waals surface area contributed by atoms with Crippen LogP contribution in [0.4, 0.5) is 11.4 Å². The van der Waals surface area contributed by atoms with Gasteiger partial charge in [-0.25, -0.2) is 8.42 Å². The molecule has 0 saturated heterocycles. The van der Waals surface area contributed by atoms with Crippen molar-refractivity contribution in [3.05, 3.63) is 48.5 Å². The zero-order valence-corrected chi connectivity index (χ0v) is 18.3. The number of ether oxygens (including phenoxy) is 2. The Bertz CT molecular complexity index is 952. The number of methoxy groups -OCH3 is 1. The molecule has 1 aliphatic rings. The van der Waals surface area contributed by atoms with Crippen molar-refractivity contribution in [2.75, 3.05) is 23.0 Å². The molecule has 0 bridgehead atoms. The highest BCUT2D eigenvalue weighted by Crippen LogP contribution is 2.26. The van der Waals surface area contributed by atoms with Gasteiger partial charge in [0.05, 0.1) is 25.2 Å². The van der Waals surface area contributed by atoms with Crippen molar-refractivity contribution < 1.29 is 22.7 Å². The van der Waals surface area contributed by atoms with Gasteiger partial charge in [0, 0.05) is 5.69 Å². The Morgan fingerprint density at radius 2 is 1.60 bits per heavy atom. The van der Waals surface area contributed by atoms with Gasteiger partial charge >= 0.3 is 0 Å². The van der Waals surface area contributed by atoms with Crippen LogP contribution in [0.3, 0.4) is 0 Å². The van der Waals surface area contributed by atoms with Gasteiger partial charge in [0.1, 0.15) is 17.5 Å². The third kappa shape index (κ3) is 5.44. The van der Waals surface area contributed by atoms with Crippen LogP contribution in [-0.2, 0) is 14.8 Å². The van der Waals surface area contributed by atoms with E-state index in [0.29, 0.717) is 17.1 Å². The Morgan fingerprint density at radius 1 is 1.03 bits per heavy atom. The van der Waals surface area contributed by atoms with Crippen molar-refractivity contribution in [2.24, 2.45) is 0 Å². The standard InChI is InChI=1S/C22H28N2O5S/c1-16(24(30(3,26)27)18-10-14-19(28-2)15-11-18)22(25)23-17-8-12-21(13-9-17)29-20-6-4-5-7-20/h8-16,20H,4-7H2,1-3H3,(H,23,25). The number of hydrogen-bond donors (Lipinski definition) is 1. The van der Waals surface area contributed by atoms with E-state index in [4.69, 9.17) is 9.47 Å². The monoisotopic (exact) mass is 432 g/mol. The summed E-state index contributed by atoms with van der Waals surface area (Å²) in [4.78, 5) is 12.8. The first-order valence-electron chi connectivity index (χ1n) is 9.99. The minimum absolute atomic E-state index is 0.262. The van der Waals surface area contributed by atoms with E-state index in [1.807, 2.05) is 12.1 Å². The van der Waals surface area contributed by atoms with E-state index in [2.05, 4.69) is 5.32 Å². The Morgan fingerprint density at radius 3 is 2.13 bits per heavy atom. The topological polar surface area (TPSA) is 84.9 Å². The normalized spacial score (nSPS) is 15.4. The molecule has 30 heavy (non-hydrogen) atoms. The molecule has 1 unspecified atom stereocenters. The second kappa shape index (κ2) is 9.38. The number of rotatable bonds is 8. The first-order chi connectivity index (χ1) is 14.3. The molecule has 1 aliphatic carbocycles. The van der Waals surface area contributed by atoms with Crippen LogP contribution >= 0.6 is 0 Å². The summed E-state index contributed by atoms with van der Waals surface area (Å²) >= 11 is 0. The second-order valence-corrected chi connectivity index (χ2v) is 9.33. The molecule has 0 aliphatic heterocycles. The summed E-state index contributed by atoms with van der Waals surface area (Å²) < 4.78 is 36.9. The van der Waals surface area contributed by atoms with E-state index >= 15 is 0 Å². The molecule has 0 spiro atoms. The highest BCUT2D eigenvalue weighted by molar-refractivity contribution is 7.92. The number of benzene rings is 2. The summed E-state index contributed by atoms with van der Waals surface area (Å²) in [5.41, 5.74) is 0.968. The number of carbonyl (C=O) groups is 1. The molecule has 1 N–H and O–H groups in total. The number of nitrogens with one attached hydrogen (secondary N) is 1. The largest absolute Gasteiger partial charge is 0.497 e. The van der Waals surface area contributed by atoms with Gasteiger partial charge in [-0.15, -0.1) is 0 Å². The number of nitrogens with zero attached hydrogens (tertiary/aromatic N) is 1. The number of hydrogen-bond acceptors (Lipinski definition) is 5. The second-order valence-electron chi connectivity index (χ2n) is 7.47. The maximum atomic E-state index is 12.8. The summed E-state index contributed by atoms with van der Waals surface area (Å²) in [6.45, 7) is 1.55. The van der Waals surface area contributed by atoms with Crippen molar-refractivity contribution in [2.45, 2.75) is 44.8 Å². The van der Waals surface area contributed by atoms with E-state index in [1.54, 1.807) is 43.3 Å². The van der Waals surface area contributed by atoms with Crippen LogP contribution in [0.5, 0.6) is 11.5 Å². The molecule has 0 heterocycles. The minimum atomic E-state index is -3.68. The average Bonchev–Trinajstić information content (AvgIpc) is 3.22. The highest BCUT2D eigenvalue weighted by atomic mass is 32.2. The first-order valence-corrected chi connectivity index (χ1v) is 11.8. The van der Waals surface area contributed by atoms with Gasteiger partial charge in [-0.05, 0) is 81.1 Å². The molecular formula is C22H28N2O5S. The van der Waals surface area contributed by atoms with Crippen molar-refractivity contribution in [3.63, 3.8) is 0 Å². The van der Waals surface area contributed by atoms with Gasteiger partial charge in [0.15, 0.2) is 0 Å². The average molecular weight is 433 g/mol. The van der Waals surface area contributed by atoms with Crippen molar-refractivity contribution in [1.82, 2.24) is 0 Å². The van der Waals surface area contributed by atoms with Crippen LogP contribution in [-0.4, -0.2) is 39.8 Å². The molecule has 1 fully saturated rings. The zero-order valence-electron chi connectivity index (χ0n) is 17.5. The maximum absolute atomic E-state index is 12.8. The van der Waals surface area contributed by atoms with Gasteiger partial charge in [-0.3, -0.25) is 9.10 Å². The lowest BCUT2D eigenvalue weighted by molar-refractivity contribution is -0.116. The number of carbonyl (C=O) groups excluding carboxylic acids is 1. The van der Waals surface area contributed by atoms with Gasteiger partial charge in [-0.1, -0.05) is 0 Å². The molecule has 162 valence electrons. The van der Waals surface area contributed by atoms with E-state index < -0.39 is 22.0 Å². The lowest BCUT2D eigenvalue weighted by Gasteiger charge is -2.28. The fourth-order valence-electron chi connectivity index (χ4n) is 3.60. The first kappa shape index (κ1) is 22.0. The lowest BCUT2D eigenvalue weighted by Crippen LogP contribution is -2.45. The van der Waals surface area contributed by atoms with Crippen molar-refractivity contribution in [1.29, 1.82) is 0 Å². The smallest absolute Gasteiger partial charge is 0.247 e. The molecule has 8 heteroatoms. The third-order valence-corrected chi connectivity index (χ3v) is 6.38. The Kier molecular flexibility index (Phi) is 6.87. The number of sulfonamides is 1. The van der Waals surface area contributed by atoms with Gasteiger partial charge < -0.3 is 14.8 Å². The fraction of sp³-hybridized carbons (Fsp3) is 0.409. The van der Waals surface area contributed by atoms with Gasteiger partial charge in [0.2, 0.25) is 15.9 Å². The number of anilines is 2. The SMILES string of the molecule is COc1ccc(N(C(C)C(=O)Nc2ccc(OC3CCCC3)cc2)S(C)(=O)=O)cc1. The molecule has 0 aromatic heterocycles. The summed E-state index contributed by atoms with van der Waals surface area (Å²) in [7, 11) is -2.15. The minimum Gasteiger partial charge on any atom is -0.497 e. The lowest BCUT2D eigenvalue weighted by atomic mass is 10.2. The van der Waals surface area contributed by atoms with E-state index in [9.17, 15) is 13.2 Å². The van der Waals surface area contributed by atoms with Crippen LogP contribution in [0, 0.1) is 0 Å². The Hall–Kier alpha value is -2.74. The molecular weight excluding hydrogens is 404 g/mol. The third-order valence-electron chi connectivity index (χ3n) is 5.14. The van der Waals surface area contributed by atoms with Crippen LogP contribution in [0.2, 0.25) is 0 Å². The molecule has 2 aromatic carbocycles. The van der Waals surface area contributed by atoms with Gasteiger partial charge in [-0.2, -0.15) is 0 Å². The van der Waals surface area contributed by atoms with Crippen molar-refractivity contribution >= 4 is 27.3 Å². The Labute approximate surface area is 178 Å². The van der Waals surface area contributed by atoms with Crippen molar-refractivity contribution in [3.8, 4) is 11.5 Å². The van der Waals surface area contributed by atoms with Gasteiger partial charge in [0.25, 0.3) is 0 Å². The predicted octanol–water partition coefficient (Wildman–Crippen LogP) is 3.81. The Balaban J connectivity index is 1.70. The van der Waals surface area contributed by atoms with E-state index in [1.165, 1.54) is 20.0 Å². The zero-order chi connectivity index (χ0) is 21.7. The molecule has 1 atom stereocenters. The van der Waals surface area contributed by atoms with Crippen LogP contribution in [0.15, 0.2) is 48.5 Å². The summed E-state index contributed by atoms with van der Waals surface area (Å²) in [6, 6.07) is 12.7. The van der Waals surface area contributed by atoms with E-state index in [0.717, 1.165) is 29.2 Å². The summed E-state index contributed by atoms with van der Waals surface area (Å²) in [5, 5.41) is 2.78. The summed E-state index contributed by atoms with van der Waals surface area (Å²) in [5.74, 6) is 0.939. The van der Waals surface area contributed by atoms with Crippen LogP contribution in [0.25, 0.3) is 0 Å². The summed E-state index contributed by atoms with van der Waals surface area (Å²) in [6.07, 6.45) is 5.88. The molecule has 3 rings (SSSR count). The molecule has 0 radical (unpaired) electrons. The molecule has 7 nitrogen and oxygen atoms in total. The molecule has 2 aromatic rings.